The summed E-state index contributed by atoms with van der Waals surface area (Å²) in [5.41, 5.74) is -2.42. The van der Waals surface area contributed by atoms with Crippen LogP contribution in [0.25, 0.3) is 0 Å². The lowest BCUT2D eigenvalue weighted by molar-refractivity contribution is 0.0310. The van der Waals surface area contributed by atoms with Gasteiger partial charge in [-0.3, -0.25) is 0 Å². The monoisotopic (exact) mass is 276 g/mol. The van der Waals surface area contributed by atoms with Gasteiger partial charge < -0.3 is 10.2 Å². The summed E-state index contributed by atoms with van der Waals surface area (Å²) in [6.07, 6.45) is 7.90. The minimum absolute atomic E-state index is 0.250. The summed E-state index contributed by atoms with van der Waals surface area (Å²) in [4.78, 5) is 0. The standard InChI is InChI=1S/C16H24N2O2/c17-11-15(19)7-3-1-5-13(9-15)14-6-2-4-8-16(20,10-14)12-18/h13-14,19-20H,1-10H2. The number of aliphatic hydroxyl groups is 2. The summed E-state index contributed by atoms with van der Waals surface area (Å²) in [7, 11) is 0. The van der Waals surface area contributed by atoms with E-state index in [-0.39, 0.29) is 11.8 Å². The lowest BCUT2D eigenvalue weighted by Gasteiger charge is -2.31. The lowest BCUT2D eigenvalue weighted by atomic mass is 9.76. The molecule has 4 unspecified atom stereocenters. The van der Waals surface area contributed by atoms with E-state index in [2.05, 4.69) is 12.1 Å². The maximum absolute atomic E-state index is 10.3. The van der Waals surface area contributed by atoms with Crippen LogP contribution in [0.4, 0.5) is 0 Å². The highest BCUT2D eigenvalue weighted by Gasteiger charge is 2.40. The largest absolute Gasteiger partial charge is 0.375 e. The fourth-order valence-electron chi connectivity index (χ4n) is 3.93. The highest BCUT2D eigenvalue weighted by Crippen LogP contribution is 2.42. The Kier molecular flexibility index (Phi) is 4.68. The Bertz CT molecular complexity index is 385. The minimum atomic E-state index is -1.21. The molecule has 2 aliphatic rings. The number of nitrogens with zero attached hydrogens (tertiary/aromatic N) is 2. The van der Waals surface area contributed by atoms with E-state index >= 15 is 0 Å². The number of hydrogen-bond donors (Lipinski definition) is 2. The molecule has 0 aliphatic heterocycles. The van der Waals surface area contributed by atoms with Gasteiger partial charge in [0.05, 0.1) is 12.1 Å². The molecule has 2 saturated carbocycles. The second kappa shape index (κ2) is 6.12. The summed E-state index contributed by atoms with van der Waals surface area (Å²) in [5, 5.41) is 39.0. The molecule has 2 rings (SSSR count). The van der Waals surface area contributed by atoms with Crippen LogP contribution in [0.3, 0.4) is 0 Å². The summed E-state index contributed by atoms with van der Waals surface area (Å²) in [5.74, 6) is 0.500. The molecular formula is C16H24N2O2. The van der Waals surface area contributed by atoms with Crippen LogP contribution < -0.4 is 0 Å². The van der Waals surface area contributed by atoms with Crippen LogP contribution in [-0.4, -0.2) is 21.4 Å². The van der Waals surface area contributed by atoms with E-state index in [0.717, 1.165) is 38.5 Å². The zero-order valence-electron chi connectivity index (χ0n) is 12.0. The van der Waals surface area contributed by atoms with Crippen LogP contribution in [-0.2, 0) is 0 Å². The molecule has 0 radical (unpaired) electrons. The first-order valence-corrected chi connectivity index (χ1v) is 7.77. The second-order valence-electron chi connectivity index (χ2n) is 6.71. The van der Waals surface area contributed by atoms with Crippen LogP contribution in [0.2, 0.25) is 0 Å². The molecule has 0 aromatic carbocycles. The normalized spacial score (nSPS) is 42.8. The van der Waals surface area contributed by atoms with Crippen molar-refractivity contribution < 1.29 is 10.2 Å². The fourth-order valence-corrected chi connectivity index (χ4v) is 3.93. The predicted molar refractivity (Wildman–Crippen MR) is 74.3 cm³/mol. The molecule has 0 aromatic heterocycles. The molecule has 2 N–H and O–H groups in total. The Morgan fingerprint density at radius 1 is 0.750 bits per heavy atom. The molecular weight excluding hydrogens is 252 g/mol. The van der Waals surface area contributed by atoms with Crippen molar-refractivity contribution in [2.75, 3.05) is 0 Å². The summed E-state index contributed by atoms with van der Waals surface area (Å²) >= 11 is 0. The third-order valence-electron chi connectivity index (χ3n) is 5.11. The maximum atomic E-state index is 10.3. The second-order valence-corrected chi connectivity index (χ2v) is 6.71. The number of rotatable bonds is 1. The smallest absolute Gasteiger partial charge is 0.151 e. The van der Waals surface area contributed by atoms with Gasteiger partial charge in [0.25, 0.3) is 0 Å². The summed E-state index contributed by atoms with van der Waals surface area (Å²) in [6, 6.07) is 4.14. The Labute approximate surface area is 121 Å². The SMILES string of the molecule is N#CC1(O)CCCCC(C2CCCCC(O)(C#N)C2)C1. The van der Waals surface area contributed by atoms with Crippen molar-refractivity contribution >= 4 is 0 Å². The molecule has 110 valence electrons. The molecule has 20 heavy (non-hydrogen) atoms. The van der Waals surface area contributed by atoms with Crippen molar-refractivity contribution in [1.82, 2.24) is 0 Å². The van der Waals surface area contributed by atoms with E-state index < -0.39 is 11.2 Å². The zero-order valence-corrected chi connectivity index (χ0v) is 12.0. The van der Waals surface area contributed by atoms with E-state index in [0.29, 0.717) is 25.7 Å². The summed E-state index contributed by atoms with van der Waals surface area (Å²) in [6.45, 7) is 0. The van der Waals surface area contributed by atoms with Crippen LogP contribution in [0.15, 0.2) is 0 Å². The molecule has 2 fully saturated rings. The van der Waals surface area contributed by atoms with Gasteiger partial charge in [-0.15, -0.1) is 0 Å². The molecule has 4 heteroatoms. The molecule has 0 bridgehead atoms. The van der Waals surface area contributed by atoms with Gasteiger partial charge in [-0.05, 0) is 50.4 Å². The highest BCUT2D eigenvalue weighted by atomic mass is 16.3. The zero-order chi connectivity index (χ0) is 14.6. The van der Waals surface area contributed by atoms with E-state index in [9.17, 15) is 20.7 Å². The van der Waals surface area contributed by atoms with Gasteiger partial charge in [0.15, 0.2) is 11.2 Å². The van der Waals surface area contributed by atoms with Crippen LogP contribution in [0.5, 0.6) is 0 Å². The van der Waals surface area contributed by atoms with Gasteiger partial charge >= 0.3 is 0 Å². The first-order chi connectivity index (χ1) is 9.50. The molecule has 2 aliphatic carbocycles. The van der Waals surface area contributed by atoms with E-state index in [4.69, 9.17) is 0 Å². The van der Waals surface area contributed by atoms with Crippen molar-refractivity contribution in [2.24, 2.45) is 11.8 Å². The van der Waals surface area contributed by atoms with E-state index in [1.165, 1.54) is 0 Å². The molecule has 4 nitrogen and oxygen atoms in total. The average Bonchev–Trinajstić information content (AvgIpc) is 2.76. The van der Waals surface area contributed by atoms with Crippen LogP contribution >= 0.6 is 0 Å². The molecule has 0 saturated heterocycles. The van der Waals surface area contributed by atoms with Crippen molar-refractivity contribution in [1.29, 1.82) is 10.5 Å². The Balaban J connectivity index is 2.12. The van der Waals surface area contributed by atoms with Gasteiger partial charge in [-0.25, -0.2) is 0 Å². The first-order valence-electron chi connectivity index (χ1n) is 7.77. The van der Waals surface area contributed by atoms with Gasteiger partial charge in [-0.2, -0.15) is 10.5 Å². The summed E-state index contributed by atoms with van der Waals surface area (Å²) < 4.78 is 0. The predicted octanol–water partition coefficient (Wildman–Crippen LogP) is 2.66. The minimum Gasteiger partial charge on any atom is -0.375 e. The van der Waals surface area contributed by atoms with Crippen molar-refractivity contribution in [3.8, 4) is 12.1 Å². The highest BCUT2D eigenvalue weighted by molar-refractivity contribution is 5.06. The number of hydrogen-bond acceptors (Lipinski definition) is 4. The molecule has 4 atom stereocenters. The van der Waals surface area contributed by atoms with Gasteiger partial charge in [0.1, 0.15) is 0 Å². The topological polar surface area (TPSA) is 88.0 Å². The van der Waals surface area contributed by atoms with Gasteiger partial charge in [0.2, 0.25) is 0 Å². The molecule has 0 heterocycles. The Morgan fingerprint density at radius 2 is 1.15 bits per heavy atom. The van der Waals surface area contributed by atoms with Gasteiger partial charge in [0, 0.05) is 0 Å². The lowest BCUT2D eigenvalue weighted by Crippen LogP contribution is -2.34. The van der Waals surface area contributed by atoms with Gasteiger partial charge in [-0.1, -0.05) is 25.7 Å². The first kappa shape index (κ1) is 15.3. The molecule has 0 spiro atoms. The van der Waals surface area contributed by atoms with E-state index in [1.807, 2.05) is 0 Å². The quantitative estimate of drug-likeness (QED) is 0.569. The third kappa shape index (κ3) is 3.51. The maximum Gasteiger partial charge on any atom is 0.151 e. The fraction of sp³-hybridized carbons (Fsp3) is 0.875. The van der Waals surface area contributed by atoms with Crippen molar-refractivity contribution in [2.45, 2.75) is 75.4 Å². The van der Waals surface area contributed by atoms with Crippen LogP contribution in [0, 0.1) is 34.5 Å². The van der Waals surface area contributed by atoms with Crippen LogP contribution in [0.1, 0.15) is 64.2 Å². The Hall–Kier alpha value is -1.10. The molecule has 0 amide bonds. The number of nitriles is 2. The Morgan fingerprint density at radius 3 is 1.50 bits per heavy atom. The van der Waals surface area contributed by atoms with E-state index in [1.54, 1.807) is 0 Å². The van der Waals surface area contributed by atoms with Crippen molar-refractivity contribution in [3.63, 3.8) is 0 Å². The molecule has 0 aromatic rings. The third-order valence-corrected chi connectivity index (χ3v) is 5.11. The average molecular weight is 276 g/mol. The van der Waals surface area contributed by atoms with Crippen molar-refractivity contribution in [3.05, 3.63) is 0 Å².